The van der Waals surface area contributed by atoms with Crippen LogP contribution in [0.15, 0.2) is 57.7 Å². The predicted octanol–water partition coefficient (Wildman–Crippen LogP) is 4.69. The molecule has 0 bridgehead atoms. The van der Waals surface area contributed by atoms with Crippen LogP contribution < -0.4 is 10.7 Å². The third-order valence-corrected chi connectivity index (χ3v) is 4.52. The second kappa shape index (κ2) is 7.56. The fraction of sp³-hybridized carbons (Fsp3) is 0.273. The van der Waals surface area contributed by atoms with Crippen LogP contribution in [0.3, 0.4) is 0 Å². The molecule has 1 amide bonds. The molecule has 2 aromatic carbocycles. The minimum Gasteiger partial charge on any atom is -0.455 e. The lowest BCUT2D eigenvalue weighted by molar-refractivity contribution is 0.0939. The van der Waals surface area contributed by atoms with Crippen LogP contribution in [0.1, 0.15) is 42.6 Å². The molecule has 0 fully saturated rings. The van der Waals surface area contributed by atoms with Crippen molar-refractivity contribution in [1.29, 1.82) is 0 Å². The Morgan fingerprint density at radius 1 is 1.12 bits per heavy atom. The highest BCUT2D eigenvalue weighted by Gasteiger charge is 2.19. The van der Waals surface area contributed by atoms with Gasteiger partial charge >= 0.3 is 0 Å². The third kappa shape index (κ3) is 3.40. The molecular formula is C22H23NO3. The van der Waals surface area contributed by atoms with Crippen LogP contribution in [0.25, 0.3) is 22.3 Å². The zero-order chi connectivity index (χ0) is 18.7. The van der Waals surface area contributed by atoms with Crippen molar-refractivity contribution in [2.24, 2.45) is 0 Å². The molecule has 1 aromatic heterocycles. The minimum absolute atomic E-state index is 0.0634. The van der Waals surface area contributed by atoms with Crippen molar-refractivity contribution < 1.29 is 9.21 Å². The van der Waals surface area contributed by atoms with Crippen molar-refractivity contribution in [3.8, 4) is 11.3 Å². The Labute approximate surface area is 152 Å². The van der Waals surface area contributed by atoms with E-state index < -0.39 is 0 Å². The monoisotopic (exact) mass is 349 g/mol. The Hall–Kier alpha value is -2.88. The lowest BCUT2D eigenvalue weighted by atomic mass is 10.0. The largest absolute Gasteiger partial charge is 0.455 e. The van der Waals surface area contributed by atoms with Gasteiger partial charge in [0.15, 0.2) is 11.0 Å². The topological polar surface area (TPSA) is 59.3 Å². The highest BCUT2D eigenvalue weighted by molar-refractivity contribution is 6.05. The average Bonchev–Trinajstić information content (AvgIpc) is 2.65. The smallest absolute Gasteiger partial charge is 0.255 e. The van der Waals surface area contributed by atoms with E-state index in [4.69, 9.17) is 4.42 Å². The molecule has 0 aliphatic rings. The first-order valence-electron chi connectivity index (χ1n) is 8.95. The van der Waals surface area contributed by atoms with Gasteiger partial charge in [-0.05, 0) is 32.4 Å². The summed E-state index contributed by atoms with van der Waals surface area (Å²) >= 11 is 0. The Bertz CT molecular complexity index is 989. The Kier molecular flexibility index (Phi) is 5.21. The fourth-order valence-corrected chi connectivity index (χ4v) is 3.16. The van der Waals surface area contributed by atoms with Crippen molar-refractivity contribution in [3.63, 3.8) is 0 Å². The van der Waals surface area contributed by atoms with E-state index in [0.29, 0.717) is 27.9 Å². The number of rotatable bonds is 5. The summed E-state index contributed by atoms with van der Waals surface area (Å²) in [6.45, 7) is 5.81. The van der Waals surface area contributed by atoms with Gasteiger partial charge in [0.05, 0.1) is 10.9 Å². The highest BCUT2D eigenvalue weighted by Crippen LogP contribution is 2.27. The summed E-state index contributed by atoms with van der Waals surface area (Å²) in [6, 6.07) is 14.7. The minimum atomic E-state index is -0.220. The first-order chi connectivity index (χ1) is 12.5. The van der Waals surface area contributed by atoms with Gasteiger partial charge in [-0.2, -0.15) is 0 Å². The lowest BCUT2D eigenvalue weighted by Gasteiger charge is -2.14. The molecular weight excluding hydrogens is 326 g/mol. The molecule has 0 saturated carbocycles. The summed E-state index contributed by atoms with van der Waals surface area (Å²) in [7, 11) is 0. The number of amides is 1. The first-order valence-corrected chi connectivity index (χ1v) is 8.95. The standard InChI is InChI=1S/C22H23NO3/c1-4-9-14(2)23-22(25)18-13-8-12-17-19(24)15(3)20(26-21(17)18)16-10-6-5-7-11-16/h5-8,10-14H,4,9H2,1-3H3,(H,23,25). The maximum Gasteiger partial charge on any atom is 0.255 e. The van der Waals surface area contributed by atoms with Crippen molar-refractivity contribution >= 4 is 16.9 Å². The van der Waals surface area contributed by atoms with E-state index >= 15 is 0 Å². The SMILES string of the molecule is CCCC(C)NC(=O)c1cccc2c(=O)c(C)c(-c3ccccc3)oc12. The summed E-state index contributed by atoms with van der Waals surface area (Å²) in [6.07, 6.45) is 1.89. The summed E-state index contributed by atoms with van der Waals surface area (Å²) in [5.74, 6) is 0.285. The van der Waals surface area contributed by atoms with Gasteiger partial charge in [-0.25, -0.2) is 0 Å². The van der Waals surface area contributed by atoms with Crippen LogP contribution in [0.2, 0.25) is 0 Å². The van der Waals surface area contributed by atoms with Gasteiger partial charge in [-0.1, -0.05) is 49.7 Å². The van der Waals surface area contributed by atoms with E-state index in [1.807, 2.05) is 37.3 Å². The summed E-state index contributed by atoms with van der Waals surface area (Å²) < 4.78 is 6.09. The first kappa shape index (κ1) is 17.9. The van der Waals surface area contributed by atoms with E-state index in [-0.39, 0.29) is 17.4 Å². The third-order valence-electron chi connectivity index (χ3n) is 4.52. The van der Waals surface area contributed by atoms with Crippen LogP contribution in [-0.4, -0.2) is 11.9 Å². The quantitative estimate of drug-likeness (QED) is 0.727. The molecule has 0 spiro atoms. The molecule has 4 nitrogen and oxygen atoms in total. The maximum atomic E-state index is 12.8. The number of carbonyl (C=O) groups excluding carboxylic acids is 1. The zero-order valence-electron chi connectivity index (χ0n) is 15.3. The molecule has 0 aliphatic heterocycles. The van der Waals surface area contributed by atoms with Crippen molar-refractivity contribution in [2.75, 3.05) is 0 Å². The number of nitrogens with one attached hydrogen (secondary N) is 1. The summed E-state index contributed by atoms with van der Waals surface area (Å²) in [4.78, 5) is 25.5. The van der Waals surface area contributed by atoms with Crippen LogP contribution >= 0.6 is 0 Å². The Morgan fingerprint density at radius 3 is 2.54 bits per heavy atom. The summed E-state index contributed by atoms with van der Waals surface area (Å²) in [5.41, 5.74) is 1.98. The van der Waals surface area contributed by atoms with Gasteiger partial charge in [-0.15, -0.1) is 0 Å². The lowest BCUT2D eigenvalue weighted by Crippen LogP contribution is -2.32. The fourth-order valence-electron chi connectivity index (χ4n) is 3.16. The molecule has 4 heteroatoms. The van der Waals surface area contributed by atoms with Gasteiger partial charge in [0, 0.05) is 17.2 Å². The number of benzene rings is 2. The van der Waals surface area contributed by atoms with Crippen LogP contribution in [0.5, 0.6) is 0 Å². The molecule has 1 atom stereocenters. The number of hydrogen-bond acceptors (Lipinski definition) is 3. The van der Waals surface area contributed by atoms with Crippen LogP contribution in [0.4, 0.5) is 0 Å². The van der Waals surface area contributed by atoms with Gasteiger partial charge in [0.1, 0.15) is 5.76 Å². The molecule has 1 N–H and O–H groups in total. The Morgan fingerprint density at radius 2 is 1.85 bits per heavy atom. The summed E-state index contributed by atoms with van der Waals surface area (Å²) in [5, 5.41) is 3.41. The molecule has 3 aromatic rings. The zero-order valence-corrected chi connectivity index (χ0v) is 15.3. The van der Waals surface area contributed by atoms with E-state index in [9.17, 15) is 9.59 Å². The number of para-hydroxylation sites is 1. The van der Waals surface area contributed by atoms with Crippen molar-refractivity contribution in [2.45, 2.75) is 39.7 Å². The van der Waals surface area contributed by atoms with E-state index in [1.165, 1.54) is 0 Å². The van der Waals surface area contributed by atoms with Crippen molar-refractivity contribution in [1.82, 2.24) is 5.32 Å². The van der Waals surface area contributed by atoms with Crippen LogP contribution in [-0.2, 0) is 0 Å². The molecule has 3 rings (SSSR count). The van der Waals surface area contributed by atoms with Gasteiger partial charge in [0.25, 0.3) is 5.91 Å². The van der Waals surface area contributed by atoms with Gasteiger partial charge in [-0.3, -0.25) is 9.59 Å². The number of fused-ring (bicyclic) bond motifs is 1. The van der Waals surface area contributed by atoms with Gasteiger partial charge in [0.2, 0.25) is 0 Å². The predicted molar refractivity (Wildman–Crippen MR) is 104 cm³/mol. The van der Waals surface area contributed by atoms with E-state index in [1.54, 1.807) is 25.1 Å². The number of carbonyl (C=O) groups is 1. The van der Waals surface area contributed by atoms with Gasteiger partial charge < -0.3 is 9.73 Å². The molecule has 0 saturated heterocycles. The molecule has 26 heavy (non-hydrogen) atoms. The molecule has 0 radical (unpaired) electrons. The molecule has 1 heterocycles. The van der Waals surface area contributed by atoms with Crippen molar-refractivity contribution in [3.05, 3.63) is 69.9 Å². The molecule has 1 unspecified atom stereocenters. The van der Waals surface area contributed by atoms with Crippen LogP contribution in [0, 0.1) is 6.92 Å². The maximum absolute atomic E-state index is 12.8. The molecule has 0 aliphatic carbocycles. The van der Waals surface area contributed by atoms with E-state index in [2.05, 4.69) is 12.2 Å². The van der Waals surface area contributed by atoms with E-state index in [0.717, 1.165) is 18.4 Å². The second-order valence-corrected chi connectivity index (χ2v) is 6.60. The highest BCUT2D eigenvalue weighted by atomic mass is 16.3. The Balaban J connectivity index is 2.16. The number of hydrogen-bond donors (Lipinski definition) is 1. The molecule has 134 valence electrons. The normalized spacial score (nSPS) is 12.1. The second-order valence-electron chi connectivity index (χ2n) is 6.60. The average molecular weight is 349 g/mol.